The lowest BCUT2D eigenvalue weighted by atomic mass is 9.43. The quantitative estimate of drug-likeness (QED) is 0.412. The summed E-state index contributed by atoms with van der Waals surface area (Å²) in [5, 5.41) is 14.9. The van der Waals surface area contributed by atoms with E-state index < -0.39 is 12.0 Å². The zero-order valence-corrected chi connectivity index (χ0v) is 23.4. The van der Waals surface area contributed by atoms with E-state index in [9.17, 15) is 14.7 Å². The molecule has 6 heteroatoms. The normalized spacial score (nSPS) is 43.5. The van der Waals surface area contributed by atoms with Crippen LogP contribution in [0.1, 0.15) is 105 Å². The average Bonchev–Trinajstić information content (AvgIpc) is 3.22. The molecule has 11 atom stereocenters. The molecule has 0 spiro atoms. The third-order valence-corrected chi connectivity index (χ3v) is 11.8. The summed E-state index contributed by atoms with van der Waals surface area (Å²) < 4.78 is 4.66. The molecule has 0 aromatic carbocycles. The highest BCUT2D eigenvalue weighted by Crippen LogP contribution is 2.68. The zero-order valence-electron chi connectivity index (χ0n) is 23.4. The van der Waals surface area contributed by atoms with Crippen LogP contribution >= 0.6 is 0 Å². The SMILES string of the molecule is CCCC(C)[C@H]1CCC2C3CC[C@@H]4C[C@@H](NC(=O)CC[C@H](N)C(=O)OC)CC[C@]4(C)C3C[C@H](O)[C@@]21C. The number of carbonyl (C=O) groups excluding carboxylic acids is 2. The van der Waals surface area contributed by atoms with E-state index in [2.05, 4.69) is 37.7 Å². The smallest absolute Gasteiger partial charge is 0.322 e. The predicted octanol–water partition coefficient (Wildman–Crippen LogP) is 4.82. The molecule has 36 heavy (non-hydrogen) atoms. The Kier molecular flexibility index (Phi) is 8.46. The Balaban J connectivity index is 1.38. The molecule has 0 heterocycles. The molecule has 4 aliphatic carbocycles. The van der Waals surface area contributed by atoms with E-state index in [0.29, 0.717) is 36.0 Å². The van der Waals surface area contributed by atoms with Crippen molar-refractivity contribution < 1.29 is 19.4 Å². The lowest BCUT2D eigenvalue weighted by Crippen LogP contribution is -2.59. The number of amides is 1. The largest absolute Gasteiger partial charge is 0.468 e. The van der Waals surface area contributed by atoms with Gasteiger partial charge in [0.05, 0.1) is 13.2 Å². The summed E-state index contributed by atoms with van der Waals surface area (Å²) in [5.41, 5.74) is 6.13. The molecule has 4 aliphatic rings. The number of fused-ring (bicyclic) bond motifs is 5. The molecule has 4 rings (SSSR count). The summed E-state index contributed by atoms with van der Waals surface area (Å²) >= 11 is 0. The molecule has 0 aromatic rings. The van der Waals surface area contributed by atoms with Crippen molar-refractivity contribution in [3.63, 3.8) is 0 Å². The van der Waals surface area contributed by atoms with Gasteiger partial charge in [-0.2, -0.15) is 0 Å². The van der Waals surface area contributed by atoms with Crippen molar-refractivity contribution >= 4 is 11.9 Å². The van der Waals surface area contributed by atoms with E-state index in [1.165, 1.54) is 45.6 Å². The van der Waals surface area contributed by atoms with Crippen molar-refractivity contribution in [2.45, 2.75) is 123 Å². The Morgan fingerprint density at radius 2 is 1.83 bits per heavy atom. The standard InChI is InChI=1S/C30H52N2O4/c1-6-7-18(2)22-10-11-23-21-9-8-19-16-20(32-27(34)13-12-25(31)28(35)36-5)14-15-29(19,3)24(21)17-26(33)30(22,23)4/h18-26,33H,6-17,31H2,1-5H3,(H,32,34)/t18?,19-,20+,21?,22-,23?,24?,25+,26+,29+,30-/m1/s1. The number of nitrogens with two attached hydrogens (primary N) is 1. The van der Waals surface area contributed by atoms with Gasteiger partial charge in [0.25, 0.3) is 0 Å². The van der Waals surface area contributed by atoms with E-state index >= 15 is 0 Å². The van der Waals surface area contributed by atoms with Crippen LogP contribution in [0.15, 0.2) is 0 Å². The van der Waals surface area contributed by atoms with Crippen molar-refractivity contribution in [2.75, 3.05) is 7.11 Å². The average molecular weight is 505 g/mol. The fraction of sp³-hybridized carbons (Fsp3) is 0.933. The van der Waals surface area contributed by atoms with Crippen LogP contribution in [-0.2, 0) is 14.3 Å². The Hall–Kier alpha value is -1.14. The number of aliphatic hydroxyl groups is 1. The third-order valence-electron chi connectivity index (χ3n) is 11.8. The van der Waals surface area contributed by atoms with Gasteiger partial charge in [-0.25, -0.2) is 0 Å². The van der Waals surface area contributed by atoms with Gasteiger partial charge >= 0.3 is 5.97 Å². The Labute approximate surface area is 218 Å². The van der Waals surface area contributed by atoms with Gasteiger partial charge in [-0.05, 0) is 104 Å². The molecule has 0 saturated heterocycles. The Morgan fingerprint density at radius 3 is 2.53 bits per heavy atom. The van der Waals surface area contributed by atoms with Gasteiger partial charge in [0.2, 0.25) is 5.91 Å². The van der Waals surface area contributed by atoms with Crippen LogP contribution in [0, 0.1) is 46.3 Å². The van der Waals surface area contributed by atoms with Gasteiger partial charge in [0, 0.05) is 12.5 Å². The number of hydrogen-bond acceptors (Lipinski definition) is 5. The molecule has 0 radical (unpaired) electrons. The predicted molar refractivity (Wildman–Crippen MR) is 142 cm³/mol. The fourth-order valence-corrected chi connectivity index (χ4v) is 9.83. The van der Waals surface area contributed by atoms with Crippen molar-refractivity contribution in [3.05, 3.63) is 0 Å². The number of nitrogens with one attached hydrogen (secondary N) is 1. The van der Waals surface area contributed by atoms with E-state index in [4.69, 9.17) is 5.73 Å². The second-order valence-electron chi connectivity index (χ2n) is 13.4. The maximum absolute atomic E-state index is 12.6. The highest BCUT2D eigenvalue weighted by molar-refractivity contribution is 5.79. The van der Waals surface area contributed by atoms with Gasteiger partial charge in [0.15, 0.2) is 0 Å². The summed E-state index contributed by atoms with van der Waals surface area (Å²) in [7, 11) is 1.32. The number of carbonyl (C=O) groups is 2. The van der Waals surface area contributed by atoms with Crippen LogP contribution in [0.4, 0.5) is 0 Å². The first kappa shape index (κ1) is 27.9. The van der Waals surface area contributed by atoms with Gasteiger partial charge in [-0.15, -0.1) is 0 Å². The molecule has 0 aromatic heterocycles. The molecule has 6 nitrogen and oxygen atoms in total. The molecule has 4 saturated carbocycles. The molecule has 206 valence electrons. The molecule has 4 fully saturated rings. The third kappa shape index (κ3) is 4.86. The molecular weight excluding hydrogens is 452 g/mol. The first-order chi connectivity index (χ1) is 17.1. The Morgan fingerprint density at radius 1 is 1.08 bits per heavy atom. The van der Waals surface area contributed by atoms with E-state index in [1.54, 1.807) is 0 Å². The van der Waals surface area contributed by atoms with E-state index in [1.807, 2.05) is 0 Å². The minimum atomic E-state index is -0.741. The minimum Gasteiger partial charge on any atom is -0.468 e. The van der Waals surface area contributed by atoms with E-state index in [0.717, 1.165) is 31.6 Å². The minimum absolute atomic E-state index is 0.0151. The molecular formula is C30H52N2O4. The lowest BCUT2D eigenvalue weighted by molar-refractivity contribution is -0.170. The second kappa shape index (κ2) is 10.9. The van der Waals surface area contributed by atoms with Crippen molar-refractivity contribution in [3.8, 4) is 0 Å². The van der Waals surface area contributed by atoms with Crippen LogP contribution in [0.2, 0.25) is 0 Å². The molecule has 0 bridgehead atoms. The first-order valence-electron chi connectivity index (χ1n) is 14.9. The highest BCUT2D eigenvalue weighted by Gasteiger charge is 2.63. The fourth-order valence-electron chi connectivity index (χ4n) is 9.83. The van der Waals surface area contributed by atoms with Crippen LogP contribution in [0.5, 0.6) is 0 Å². The highest BCUT2D eigenvalue weighted by atomic mass is 16.5. The van der Waals surface area contributed by atoms with E-state index in [-0.39, 0.29) is 35.3 Å². The van der Waals surface area contributed by atoms with Crippen molar-refractivity contribution in [1.29, 1.82) is 0 Å². The number of methoxy groups -OCH3 is 1. The maximum Gasteiger partial charge on any atom is 0.322 e. The van der Waals surface area contributed by atoms with Crippen molar-refractivity contribution in [1.82, 2.24) is 5.32 Å². The monoisotopic (exact) mass is 504 g/mol. The van der Waals surface area contributed by atoms with Crippen LogP contribution in [0.25, 0.3) is 0 Å². The number of aliphatic hydroxyl groups excluding tert-OH is 1. The number of rotatable bonds is 8. The van der Waals surface area contributed by atoms with Crippen LogP contribution in [-0.4, -0.2) is 42.3 Å². The summed E-state index contributed by atoms with van der Waals surface area (Å²) in [4.78, 5) is 24.1. The number of ether oxygens (including phenoxy) is 1. The summed E-state index contributed by atoms with van der Waals surface area (Å²) in [5.74, 6) is 3.47. The van der Waals surface area contributed by atoms with Gasteiger partial charge in [0.1, 0.15) is 6.04 Å². The topological polar surface area (TPSA) is 102 Å². The maximum atomic E-state index is 12.6. The number of hydrogen-bond donors (Lipinski definition) is 3. The zero-order chi connectivity index (χ0) is 26.3. The number of esters is 1. The lowest BCUT2D eigenvalue weighted by Gasteiger charge is -2.62. The van der Waals surface area contributed by atoms with Gasteiger partial charge in [-0.3, -0.25) is 9.59 Å². The van der Waals surface area contributed by atoms with Crippen molar-refractivity contribution in [2.24, 2.45) is 52.1 Å². The van der Waals surface area contributed by atoms with Crippen LogP contribution in [0.3, 0.4) is 0 Å². The van der Waals surface area contributed by atoms with Gasteiger partial charge < -0.3 is 20.9 Å². The van der Waals surface area contributed by atoms with Gasteiger partial charge in [-0.1, -0.05) is 40.5 Å². The van der Waals surface area contributed by atoms with Crippen LogP contribution < -0.4 is 11.1 Å². The molecule has 1 amide bonds. The summed E-state index contributed by atoms with van der Waals surface area (Å²) in [6.45, 7) is 9.66. The first-order valence-corrected chi connectivity index (χ1v) is 14.9. The molecule has 4 unspecified atom stereocenters. The summed E-state index contributed by atoms with van der Waals surface area (Å²) in [6.07, 6.45) is 12.1. The summed E-state index contributed by atoms with van der Waals surface area (Å²) in [6, 6.07) is -0.541. The molecule has 0 aliphatic heterocycles. The second-order valence-corrected chi connectivity index (χ2v) is 13.4. The Bertz CT molecular complexity index is 804. The molecule has 4 N–H and O–H groups in total.